The molecule has 0 saturated heterocycles. The van der Waals surface area contributed by atoms with E-state index in [4.69, 9.17) is 21.8 Å². The van der Waals surface area contributed by atoms with Gasteiger partial charge in [-0.2, -0.15) is 0 Å². The Labute approximate surface area is 132 Å². The van der Waals surface area contributed by atoms with Crippen molar-refractivity contribution < 1.29 is 9.21 Å². The lowest BCUT2D eigenvalue weighted by molar-refractivity contribution is -0.117. The smallest absolute Gasteiger partial charge is 0.240 e. The van der Waals surface area contributed by atoms with Gasteiger partial charge in [-0.05, 0) is 49.4 Å². The second kappa shape index (κ2) is 5.79. The highest BCUT2D eigenvalue weighted by Crippen LogP contribution is 2.27. The molecule has 3 aromatic rings. The lowest BCUT2D eigenvalue weighted by atomic mass is 10.2. The van der Waals surface area contributed by atoms with Crippen molar-refractivity contribution in [2.75, 3.05) is 5.32 Å². The molecular weight excluding hydrogens is 302 g/mol. The van der Waals surface area contributed by atoms with E-state index < -0.39 is 6.04 Å². The molecule has 0 fully saturated rings. The third kappa shape index (κ3) is 2.95. The first-order valence-corrected chi connectivity index (χ1v) is 7.14. The van der Waals surface area contributed by atoms with Crippen molar-refractivity contribution >= 4 is 34.3 Å². The predicted octanol–water partition coefficient (Wildman–Crippen LogP) is 3.43. The number of nitrogens with two attached hydrogens (primary N) is 1. The number of nitrogens with one attached hydrogen (secondary N) is 1. The molecule has 112 valence electrons. The van der Waals surface area contributed by atoms with Crippen molar-refractivity contribution in [3.63, 3.8) is 0 Å². The molecule has 1 unspecified atom stereocenters. The molecule has 0 aliphatic heterocycles. The summed E-state index contributed by atoms with van der Waals surface area (Å²) < 4.78 is 5.71. The topological polar surface area (TPSA) is 81.2 Å². The number of anilines is 1. The number of rotatable bonds is 3. The van der Waals surface area contributed by atoms with E-state index in [0.29, 0.717) is 27.7 Å². The van der Waals surface area contributed by atoms with Crippen LogP contribution in [0.15, 0.2) is 46.9 Å². The lowest BCUT2D eigenvalue weighted by Gasteiger charge is -2.06. The summed E-state index contributed by atoms with van der Waals surface area (Å²) in [5, 5.41) is 3.38. The summed E-state index contributed by atoms with van der Waals surface area (Å²) in [6, 6.07) is 11.9. The fourth-order valence-electron chi connectivity index (χ4n) is 1.98. The molecule has 1 atom stereocenters. The van der Waals surface area contributed by atoms with Crippen molar-refractivity contribution in [1.82, 2.24) is 4.98 Å². The fraction of sp³-hybridized carbons (Fsp3) is 0.125. The summed E-state index contributed by atoms with van der Waals surface area (Å²) in [4.78, 5) is 16.0. The van der Waals surface area contributed by atoms with Crippen LogP contribution in [0, 0.1) is 0 Å². The first-order chi connectivity index (χ1) is 10.5. The standard InChI is InChI=1S/C16H14ClN3O2/c1-9(18)15(21)19-12-6-7-14-13(8-12)20-16(22-14)10-2-4-11(17)5-3-10/h2-9H,18H2,1H3,(H,19,21). The number of carbonyl (C=O) groups is 1. The molecule has 0 saturated carbocycles. The van der Waals surface area contributed by atoms with E-state index in [-0.39, 0.29) is 5.91 Å². The van der Waals surface area contributed by atoms with Crippen LogP contribution in [0.2, 0.25) is 5.02 Å². The van der Waals surface area contributed by atoms with Crippen molar-refractivity contribution in [3.05, 3.63) is 47.5 Å². The zero-order chi connectivity index (χ0) is 15.7. The number of halogens is 1. The van der Waals surface area contributed by atoms with Gasteiger partial charge in [-0.3, -0.25) is 4.79 Å². The third-order valence-electron chi connectivity index (χ3n) is 3.16. The zero-order valence-electron chi connectivity index (χ0n) is 11.8. The summed E-state index contributed by atoms with van der Waals surface area (Å²) in [5.41, 5.74) is 8.30. The molecule has 0 bridgehead atoms. The van der Waals surface area contributed by atoms with E-state index in [1.165, 1.54) is 0 Å². The summed E-state index contributed by atoms with van der Waals surface area (Å²) in [6.07, 6.45) is 0. The minimum atomic E-state index is -0.572. The van der Waals surface area contributed by atoms with E-state index in [0.717, 1.165) is 5.56 Å². The van der Waals surface area contributed by atoms with Gasteiger partial charge in [0.2, 0.25) is 11.8 Å². The van der Waals surface area contributed by atoms with Crippen LogP contribution < -0.4 is 11.1 Å². The van der Waals surface area contributed by atoms with Crippen LogP contribution in [0.5, 0.6) is 0 Å². The number of oxazole rings is 1. The molecule has 3 rings (SSSR count). The van der Waals surface area contributed by atoms with E-state index >= 15 is 0 Å². The summed E-state index contributed by atoms with van der Waals surface area (Å²) >= 11 is 5.87. The molecule has 6 heteroatoms. The van der Waals surface area contributed by atoms with Crippen molar-refractivity contribution in [2.45, 2.75) is 13.0 Å². The van der Waals surface area contributed by atoms with Gasteiger partial charge in [0.05, 0.1) is 6.04 Å². The summed E-state index contributed by atoms with van der Waals surface area (Å²) in [5.74, 6) is 0.253. The molecule has 0 spiro atoms. The van der Waals surface area contributed by atoms with Gasteiger partial charge in [0, 0.05) is 16.3 Å². The molecular formula is C16H14ClN3O2. The SMILES string of the molecule is CC(N)C(=O)Nc1ccc2oc(-c3ccc(Cl)cc3)nc2c1. The largest absolute Gasteiger partial charge is 0.436 e. The Balaban J connectivity index is 1.93. The van der Waals surface area contributed by atoms with Crippen LogP contribution in [0.1, 0.15) is 6.92 Å². The Kier molecular flexibility index (Phi) is 3.83. The minimum Gasteiger partial charge on any atom is -0.436 e. The van der Waals surface area contributed by atoms with Crippen molar-refractivity contribution in [1.29, 1.82) is 0 Å². The number of amides is 1. The average molecular weight is 316 g/mol. The maximum absolute atomic E-state index is 11.6. The van der Waals surface area contributed by atoms with Crippen LogP contribution >= 0.6 is 11.6 Å². The van der Waals surface area contributed by atoms with Gasteiger partial charge < -0.3 is 15.5 Å². The molecule has 0 radical (unpaired) electrons. The number of nitrogens with zero attached hydrogens (tertiary/aromatic N) is 1. The first-order valence-electron chi connectivity index (χ1n) is 6.76. The summed E-state index contributed by atoms with van der Waals surface area (Å²) in [7, 11) is 0. The van der Waals surface area contributed by atoms with Gasteiger partial charge in [-0.1, -0.05) is 11.6 Å². The van der Waals surface area contributed by atoms with Crippen molar-refractivity contribution in [3.8, 4) is 11.5 Å². The quantitative estimate of drug-likeness (QED) is 0.775. The highest BCUT2D eigenvalue weighted by Gasteiger charge is 2.11. The van der Waals surface area contributed by atoms with E-state index in [1.807, 2.05) is 12.1 Å². The average Bonchev–Trinajstić information content (AvgIpc) is 2.91. The maximum Gasteiger partial charge on any atom is 0.240 e. The Morgan fingerprint density at radius 2 is 2.00 bits per heavy atom. The maximum atomic E-state index is 11.6. The van der Waals surface area contributed by atoms with E-state index in [9.17, 15) is 4.79 Å². The number of hydrogen-bond donors (Lipinski definition) is 2. The Bertz CT molecular complexity index is 825. The Hall–Kier alpha value is -2.37. The zero-order valence-corrected chi connectivity index (χ0v) is 12.6. The predicted molar refractivity (Wildman–Crippen MR) is 86.7 cm³/mol. The minimum absolute atomic E-state index is 0.249. The highest BCUT2D eigenvalue weighted by atomic mass is 35.5. The molecule has 0 aliphatic carbocycles. The second-order valence-corrected chi connectivity index (χ2v) is 5.42. The highest BCUT2D eigenvalue weighted by molar-refractivity contribution is 6.30. The lowest BCUT2D eigenvalue weighted by Crippen LogP contribution is -2.32. The Morgan fingerprint density at radius 3 is 2.68 bits per heavy atom. The molecule has 5 nitrogen and oxygen atoms in total. The normalized spacial score (nSPS) is 12.3. The van der Waals surface area contributed by atoms with Crippen molar-refractivity contribution in [2.24, 2.45) is 5.73 Å². The van der Waals surface area contributed by atoms with E-state index in [2.05, 4.69) is 10.3 Å². The molecule has 2 aromatic carbocycles. The molecule has 0 aliphatic rings. The van der Waals surface area contributed by atoms with E-state index in [1.54, 1.807) is 37.3 Å². The van der Waals surface area contributed by atoms with Gasteiger partial charge in [0.15, 0.2) is 5.58 Å². The molecule has 3 N–H and O–H groups in total. The van der Waals surface area contributed by atoms with Gasteiger partial charge in [-0.25, -0.2) is 4.98 Å². The number of aromatic nitrogens is 1. The van der Waals surface area contributed by atoms with Crippen LogP contribution in [0.3, 0.4) is 0 Å². The first kappa shape index (κ1) is 14.6. The number of benzene rings is 2. The second-order valence-electron chi connectivity index (χ2n) is 4.99. The van der Waals surface area contributed by atoms with Gasteiger partial charge in [0.1, 0.15) is 5.52 Å². The number of hydrogen-bond acceptors (Lipinski definition) is 4. The van der Waals surface area contributed by atoms with Crippen LogP contribution in [-0.4, -0.2) is 16.9 Å². The number of carbonyl (C=O) groups excluding carboxylic acids is 1. The van der Waals surface area contributed by atoms with Gasteiger partial charge in [0.25, 0.3) is 0 Å². The molecule has 22 heavy (non-hydrogen) atoms. The molecule has 1 heterocycles. The molecule has 1 aromatic heterocycles. The van der Waals surface area contributed by atoms with Crippen LogP contribution in [0.4, 0.5) is 5.69 Å². The van der Waals surface area contributed by atoms with Gasteiger partial charge >= 0.3 is 0 Å². The van der Waals surface area contributed by atoms with Crippen LogP contribution in [0.25, 0.3) is 22.6 Å². The third-order valence-corrected chi connectivity index (χ3v) is 3.41. The monoisotopic (exact) mass is 315 g/mol. The summed E-state index contributed by atoms with van der Waals surface area (Å²) in [6.45, 7) is 1.63. The number of fused-ring (bicyclic) bond motifs is 1. The molecule has 1 amide bonds. The van der Waals surface area contributed by atoms with Gasteiger partial charge in [-0.15, -0.1) is 0 Å². The fourth-order valence-corrected chi connectivity index (χ4v) is 2.10. The Morgan fingerprint density at radius 1 is 1.27 bits per heavy atom. The van der Waals surface area contributed by atoms with Crippen LogP contribution in [-0.2, 0) is 4.79 Å².